The molecule has 7 nitrogen and oxygen atoms in total. The van der Waals surface area contributed by atoms with Crippen LogP contribution in [-0.2, 0) is 19.6 Å². The van der Waals surface area contributed by atoms with Crippen molar-refractivity contribution in [1.29, 1.82) is 0 Å². The molecule has 24 heavy (non-hydrogen) atoms. The lowest BCUT2D eigenvalue weighted by Crippen LogP contribution is -2.45. The second kappa shape index (κ2) is 8.79. The lowest BCUT2D eigenvalue weighted by Gasteiger charge is -2.20. The van der Waals surface area contributed by atoms with Crippen LogP contribution in [0.4, 0.5) is 0 Å². The van der Waals surface area contributed by atoms with Crippen LogP contribution in [0.1, 0.15) is 38.5 Å². The molecular formula is C16H23N3O4S. The quantitative estimate of drug-likeness (QED) is 0.666. The molecule has 0 saturated heterocycles. The van der Waals surface area contributed by atoms with Crippen molar-refractivity contribution in [3.8, 4) is 0 Å². The van der Waals surface area contributed by atoms with Crippen LogP contribution in [0.5, 0.6) is 0 Å². The minimum absolute atomic E-state index is 0.0393. The van der Waals surface area contributed by atoms with E-state index >= 15 is 0 Å². The monoisotopic (exact) mass is 353 g/mol. The molecule has 1 fully saturated rings. The number of rotatable bonds is 6. The van der Waals surface area contributed by atoms with Crippen molar-refractivity contribution < 1.29 is 18.0 Å². The second-order valence-corrected chi connectivity index (χ2v) is 7.60. The van der Waals surface area contributed by atoms with Gasteiger partial charge in [-0.15, -0.1) is 0 Å². The van der Waals surface area contributed by atoms with E-state index in [0.717, 1.165) is 32.1 Å². The Morgan fingerprint density at radius 2 is 1.67 bits per heavy atom. The fourth-order valence-corrected chi connectivity index (χ4v) is 3.70. The van der Waals surface area contributed by atoms with E-state index in [9.17, 15) is 18.0 Å². The molecule has 0 bridgehead atoms. The second-order valence-electron chi connectivity index (χ2n) is 5.83. The van der Waals surface area contributed by atoms with E-state index in [1.165, 1.54) is 12.1 Å². The number of carbonyl (C=O) groups is 2. The van der Waals surface area contributed by atoms with Gasteiger partial charge < -0.3 is 0 Å². The van der Waals surface area contributed by atoms with Crippen molar-refractivity contribution in [1.82, 2.24) is 15.6 Å². The fourth-order valence-electron chi connectivity index (χ4n) is 2.64. The van der Waals surface area contributed by atoms with E-state index < -0.39 is 15.9 Å². The molecule has 1 aliphatic rings. The molecule has 132 valence electrons. The van der Waals surface area contributed by atoms with Crippen LogP contribution < -0.4 is 15.6 Å². The third kappa shape index (κ3) is 5.61. The number of nitrogens with one attached hydrogen (secondary N) is 3. The highest BCUT2D eigenvalue weighted by Crippen LogP contribution is 2.23. The van der Waals surface area contributed by atoms with Gasteiger partial charge in [-0.3, -0.25) is 20.4 Å². The van der Waals surface area contributed by atoms with Crippen LogP contribution in [0.25, 0.3) is 0 Å². The van der Waals surface area contributed by atoms with Crippen molar-refractivity contribution in [2.24, 2.45) is 5.92 Å². The Balaban J connectivity index is 1.69. The van der Waals surface area contributed by atoms with E-state index in [-0.39, 0.29) is 29.7 Å². The van der Waals surface area contributed by atoms with Crippen LogP contribution in [-0.4, -0.2) is 26.8 Å². The lowest BCUT2D eigenvalue weighted by atomic mass is 9.89. The van der Waals surface area contributed by atoms with Crippen LogP contribution in [0.2, 0.25) is 0 Å². The van der Waals surface area contributed by atoms with Crippen molar-refractivity contribution in [2.45, 2.75) is 43.4 Å². The molecule has 0 atom stereocenters. The Kier molecular flexibility index (Phi) is 6.74. The van der Waals surface area contributed by atoms with Gasteiger partial charge in [0.2, 0.25) is 21.8 Å². The smallest absolute Gasteiger partial charge is 0.241 e. The van der Waals surface area contributed by atoms with Crippen LogP contribution in [0.3, 0.4) is 0 Å². The molecule has 1 aromatic carbocycles. The number of hydrazine groups is 1. The minimum atomic E-state index is -3.62. The van der Waals surface area contributed by atoms with Gasteiger partial charge in [-0.25, -0.2) is 13.1 Å². The predicted molar refractivity (Wildman–Crippen MR) is 89.1 cm³/mol. The van der Waals surface area contributed by atoms with Crippen LogP contribution in [0.15, 0.2) is 35.2 Å². The molecule has 8 heteroatoms. The Labute approximate surface area is 142 Å². The molecule has 0 heterocycles. The first kappa shape index (κ1) is 18.4. The Morgan fingerprint density at radius 1 is 1.00 bits per heavy atom. The summed E-state index contributed by atoms with van der Waals surface area (Å²) in [6.07, 6.45) is 4.85. The summed E-state index contributed by atoms with van der Waals surface area (Å²) in [7, 11) is -3.62. The van der Waals surface area contributed by atoms with Gasteiger partial charge >= 0.3 is 0 Å². The van der Waals surface area contributed by atoms with Gasteiger partial charge in [-0.1, -0.05) is 37.5 Å². The summed E-state index contributed by atoms with van der Waals surface area (Å²) in [4.78, 5) is 23.7. The molecule has 0 radical (unpaired) electrons. The summed E-state index contributed by atoms with van der Waals surface area (Å²) in [6, 6.07) is 7.94. The summed E-state index contributed by atoms with van der Waals surface area (Å²) in [5, 5.41) is 0. The van der Waals surface area contributed by atoms with Crippen molar-refractivity contribution in [2.75, 3.05) is 6.54 Å². The largest absolute Gasteiger partial charge is 0.273 e. The van der Waals surface area contributed by atoms with Gasteiger partial charge in [-0.05, 0) is 25.0 Å². The predicted octanol–water partition coefficient (Wildman–Crippen LogP) is 1.08. The average Bonchev–Trinajstić information content (AvgIpc) is 2.61. The molecular weight excluding hydrogens is 330 g/mol. The molecule has 1 aliphatic carbocycles. The lowest BCUT2D eigenvalue weighted by molar-refractivity contribution is -0.131. The Bertz CT molecular complexity index is 655. The topological polar surface area (TPSA) is 104 Å². The highest BCUT2D eigenvalue weighted by molar-refractivity contribution is 7.89. The van der Waals surface area contributed by atoms with E-state index in [2.05, 4.69) is 15.6 Å². The summed E-state index contributed by atoms with van der Waals surface area (Å²) in [6.45, 7) is -0.0393. The average molecular weight is 353 g/mol. The molecule has 3 N–H and O–H groups in total. The maximum Gasteiger partial charge on any atom is 0.241 e. The summed E-state index contributed by atoms with van der Waals surface area (Å²) in [5.41, 5.74) is 4.75. The van der Waals surface area contributed by atoms with Gasteiger partial charge in [0.25, 0.3) is 0 Å². The molecule has 0 aliphatic heterocycles. The number of sulfonamides is 1. The number of amides is 2. The van der Waals surface area contributed by atoms with Gasteiger partial charge in [0, 0.05) is 18.9 Å². The molecule has 1 aromatic rings. The van der Waals surface area contributed by atoms with Crippen molar-refractivity contribution >= 4 is 21.8 Å². The van der Waals surface area contributed by atoms with Gasteiger partial charge in [0.05, 0.1) is 4.90 Å². The van der Waals surface area contributed by atoms with E-state index in [0.29, 0.717) is 0 Å². The molecule has 2 rings (SSSR count). The zero-order chi connectivity index (χ0) is 17.4. The summed E-state index contributed by atoms with van der Waals surface area (Å²) < 4.78 is 26.3. The van der Waals surface area contributed by atoms with Crippen LogP contribution in [0, 0.1) is 5.92 Å². The zero-order valence-corrected chi connectivity index (χ0v) is 14.3. The van der Waals surface area contributed by atoms with Crippen LogP contribution >= 0.6 is 0 Å². The normalized spacial score (nSPS) is 15.7. The third-order valence-corrected chi connectivity index (χ3v) is 5.48. The zero-order valence-electron chi connectivity index (χ0n) is 13.5. The first-order chi connectivity index (χ1) is 11.5. The summed E-state index contributed by atoms with van der Waals surface area (Å²) in [5.74, 6) is -0.654. The fraction of sp³-hybridized carbons (Fsp3) is 0.500. The SMILES string of the molecule is O=C(CCNS(=O)(=O)c1ccccc1)NNC(=O)C1CCCCC1. The van der Waals surface area contributed by atoms with E-state index in [4.69, 9.17) is 0 Å². The molecule has 0 aromatic heterocycles. The van der Waals surface area contributed by atoms with Gasteiger partial charge in [0.1, 0.15) is 0 Å². The maximum absolute atomic E-state index is 12.0. The van der Waals surface area contributed by atoms with Crippen molar-refractivity contribution in [3.05, 3.63) is 30.3 Å². The molecule has 0 unspecified atom stereocenters. The number of carbonyl (C=O) groups excluding carboxylic acids is 2. The van der Waals surface area contributed by atoms with E-state index in [1.54, 1.807) is 18.2 Å². The number of benzene rings is 1. The molecule has 1 saturated carbocycles. The van der Waals surface area contributed by atoms with Gasteiger partial charge in [-0.2, -0.15) is 0 Å². The number of hydrogen-bond acceptors (Lipinski definition) is 4. The molecule has 0 spiro atoms. The van der Waals surface area contributed by atoms with Crippen molar-refractivity contribution in [3.63, 3.8) is 0 Å². The highest BCUT2D eigenvalue weighted by atomic mass is 32.2. The minimum Gasteiger partial charge on any atom is -0.273 e. The highest BCUT2D eigenvalue weighted by Gasteiger charge is 2.21. The third-order valence-electron chi connectivity index (χ3n) is 4.00. The van der Waals surface area contributed by atoms with E-state index in [1.807, 2.05) is 0 Å². The first-order valence-electron chi connectivity index (χ1n) is 8.12. The standard InChI is InChI=1S/C16H23N3O4S/c20-15(18-19-16(21)13-7-3-1-4-8-13)11-12-17-24(22,23)14-9-5-2-6-10-14/h2,5-6,9-10,13,17H,1,3-4,7-8,11-12H2,(H,18,20)(H,19,21). The Hall–Kier alpha value is -1.93. The number of hydrogen-bond donors (Lipinski definition) is 3. The first-order valence-corrected chi connectivity index (χ1v) is 9.61. The Morgan fingerprint density at radius 3 is 2.33 bits per heavy atom. The molecule has 2 amide bonds. The van der Waals surface area contributed by atoms with Gasteiger partial charge in [0.15, 0.2) is 0 Å². The maximum atomic E-state index is 12.0. The summed E-state index contributed by atoms with van der Waals surface area (Å²) >= 11 is 0.